The average molecular weight is 373 g/mol. The molecule has 0 aliphatic carbocycles. The first-order chi connectivity index (χ1) is 12.3. The third-order valence-corrected chi connectivity index (χ3v) is 5.33. The number of ether oxygens (including phenoxy) is 1. The van der Waals surface area contributed by atoms with Gasteiger partial charge in [-0.1, -0.05) is 31.7 Å². The lowest BCUT2D eigenvalue weighted by molar-refractivity contribution is -0.121. The monoisotopic (exact) mass is 373 g/mol. The lowest BCUT2D eigenvalue weighted by Crippen LogP contribution is -2.51. The molecule has 0 bridgehead atoms. The molecule has 1 N–H and O–H groups in total. The number of rotatable bonds is 7. The highest BCUT2D eigenvalue weighted by molar-refractivity contribution is 8.00. The summed E-state index contributed by atoms with van der Waals surface area (Å²) in [6.07, 6.45) is 1.59. The summed E-state index contributed by atoms with van der Waals surface area (Å²) in [5.41, 5.74) is -0.0691. The Morgan fingerprint density at radius 3 is 2.77 bits per heavy atom. The number of benzene rings is 1. The summed E-state index contributed by atoms with van der Waals surface area (Å²) in [5, 5.41) is 20.4. The van der Waals surface area contributed by atoms with Crippen LogP contribution in [0.15, 0.2) is 35.7 Å². The van der Waals surface area contributed by atoms with Gasteiger partial charge in [-0.15, -0.1) is 10.2 Å². The van der Waals surface area contributed by atoms with Gasteiger partial charge in [0, 0.05) is 6.07 Å². The van der Waals surface area contributed by atoms with Crippen LogP contribution in [0.1, 0.15) is 27.7 Å². The molecule has 1 aromatic carbocycles. The van der Waals surface area contributed by atoms with Gasteiger partial charge in [-0.2, -0.15) is 5.26 Å². The molecule has 1 aromatic heterocycles. The number of nitrogens with zero attached hydrogens (tertiary/aromatic N) is 4. The molecule has 26 heavy (non-hydrogen) atoms. The smallest absolute Gasteiger partial charge is 0.234 e. The van der Waals surface area contributed by atoms with Gasteiger partial charge in [0.15, 0.2) is 5.16 Å². The van der Waals surface area contributed by atoms with E-state index in [4.69, 9.17) is 4.74 Å². The molecule has 2 atom stereocenters. The van der Waals surface area contributed by atoms with E-state index < -0.39 is 10.8 Å². The first kappa shape index (κ1) is 19.8. The maximum Gasteiger partial charge on any atom is 0.234 e. The Hall–Kier alpha value is -2.53. The number of carbonyl (C=O) groups excluding carboxylic acids is 1. The van der Waals surface area contributed by atoms with Gasteiger partial charge in [0.05, 0.1) is 24.1 Å². The number of amides is 1. The summed E-state index contributed by atoms with van der Waals surface area (Å²) >= 11 is 1.28. The number of nitrogens with one attached hydrogen (secondary N) is 1. The van der Waals surface area contributed by atoms with Crippen LogP contribution in [0.3, 0.4) is 0 Å². The molecule has 0 saturated heterocycles. The fourth-order valence-corrected chi connectivity index (χ4v) is 2.96. The Bertz CT molecular complexity index is 814. The molecule has 0 aliphatic rings. The molecule has 7 nitrogen and oxygen atoms in total. The zero-order valence-electron chi connectivity index (χ0n) is 15.6. The average Bonchev–Trinajstić information content (AvgIpc) is 3.09. The summed E-state index contributed by atoms with van der Waals surface area (Å²) in [6.45, 7) is 7.32. The van der Waals surface area contributed by atoms with Crippen LogP contribution in [0.25, 0.3) is 5.69 Å². The van der Waals surface area contributed by atoms with Crippen LogP contribution in [0, 0.1) is 17.2 Å². The molecular formula is C18H23N5O2S. The first-order valence-electron chi connectivity index (χ1n) is 8.25. The van der Waals surface area contributed by atoms with Crippen molar-refractivity contribution in [2.75, 3.05) is 7.11 Å². The Kier molecular flexibility index (Phi) is 6.27. The topological polar surface area (TPSA) is 92.8 Å². The van der Waals surface area contributed by atoms with Gasteiger partial charge in [-0.3, -0.25) is 9.36 Å². The number of nitriles is 1. The van der Waals surface area contributed by atoms with Gasteiger partial charge in [-0.05, 0) is 31.9 Å². The SMILES string of the molecule is COc1cccc(-n2cnnc2S[C@@H](C)C(=O)N[C@](C)(C#N)C(C)C)c1. The number of hydrogen-bond donors (Lipinski definition) is 1. The van der Waals surface area contributed by atoms with Crippen molar-refractivity contribution < 1.29 is 9.53 Å². The van der Waals surface area contributed by atoms with E-state index in [0.29, 0.717) is 5.16 Å². The van der Waals surface area contributed by atoms with Gasteiger partial charge in [0.2, 0.25) is 5.91 Å². The molecule has 0 saturated carbocycles. The first-order valence-corrected chi connectivity index (χ1v) is 9.13. The van der Waals surface area contributed by atoms with Crippen molar-refractivity contribution in [1.82, 2.24) is 20.1 Å². The van der Waals surface area contributed by atoms with Crippen LogP contribution < -0.4 is 10.1 Å². The standard InChI is InChI=1S/C18H23N5O2S/c1-12(2)18(4,10-19)21-16(24)13(3)26-17-22-20-11-23(17)14-7-6-8-15(9-14)25-5/h6-9,11-13H,1-5H3,(H,21,24)/t13-,18+/m0/s1. The molecule has 0 radical (unpaired) electrons. The van der Waals surface area contributed by atoms with Gasteiger partial charge in [0.1, 0.15) is 17.6 Å². The fraction of sp³-hybridized carbons (Fsp3) is 0.444. The van der Waals surface area contributed by atoms with E-state index >= 15 is 0 Å². The predicted octanol–water partition coefficient (Wildman–Crippen LogP) is 2.81. The number of carbonyl (C=O) groups is 1. The number of methoxy groups -OCH3 is 1. The Labute approximate surface area is 157 Å². The predicted molar refractivity (Wildman–Crippen MR) is 100 cm³/mol. The van der Waals surface area contributed by atoms with Crippen molar-refractivity contribution in [3.8, 4) is 17.5 Å². The van der Waals surface area contributed by atoms with E-state index in [-0.39, 0.29) is 11.8 Å². The zero-order valence-corrected chi connectivity index (χ0v) is 16.4. The molecule has 2 aromatic rings. The summed E-state index contributed by atoms with van der Waals surface area (Å²) in [5.74, 6) is 0.502. The minimum Gasteiger partial charge on any atom is -0.497 e. The minimum atomic E-state index is -0.910. The molecule has 0 unspecified atom stereocenters. The second-order valence-electron chi connectivity index (χ2n) is 6.40. The largest absolute Gasteiger partial charge is 0.497 e. The molecule has 0 spiro atoms. The summed E-state index contributed by atoms with van der Waals surface area (Å²) in [4.78, 5) is 12.5. The molecule has 0 aliphatic heterocycles. The Morgan fingerprint density at radius 2 is 2.15 bits per heavy atom. The highest BCUT2D eigenvalue weighted by Crippen LogP contribution is 2.26. The highest BCUT2D eigenvalue weighted by atomic mass is 32.2. The fourth-order valence-electron chi connectivity index (χ4n) is 2.11. The van der Waals surface area contributed by atoms with Crippen LogP contribution in [0.4, 0.5) is 0 Å². The maximum atomic E-state index is 12.5. The maximum absolute atomic E-state index is 12.5. The van der Waals surface area contributed by atoms with E-state index in [1.165, 1.54) is 11.8 Å². The van der Waals surface area contributed by atoms with E-state index in [1.54, 1.807) is 31.9 Å². The van der Waals surface area contributed by atoms with E-state index in [9.17, 15) is 10.1 Å². The highest BCUT2D eigenvalue weighted by Gasteiger charge is 2.32. The molecular weight excluding hydrogens is 350 g/mol. The Morgan fingerprint density at radius 1 is 1.42 bits per heavy atom. The van der Waals surface area contributed by atoms with Crippen LogP contribution in [0.2, 0.25) is 0 Å². The van der Waals surface area contributed by atoms with E-state index in [0.717, 1.165) is 11.4 Å². The normalized spacial score (nSPS) is 14.3. The van der Waals surface area contributed by atoms with Gasteiger partial charge >= 0.3 is 0 Å². The van der Waals surface area contributed by atoms with Gasteiger partial charge < -0.3 is 10.1 Å². The third kappa shape index (κ3) is 4.35. The molecule has 138 valence electrons. The second kappa shape index (κ2) is 8.23. The van der Waals surface area contributed by atoms with Crippen molar-refractivity contribution >= 4 is 17.7 Å². The molecule has 2 rings (SSSR count). The van der Waals surface area contributed by atoms with Gasteiger partial charge in [0.25, 0.3) is 0 Å². The second-order valence-corrected chi connectivity index (χ2v) is 7.71. The number of thioether (sulfide) groups is 1. The van der Waals surface area contributed by atoms with Crippen molar-refractivity contribution in [2.24, 2.45) is 5.92 Å². The summed E-state index contributed by atoms with van der Waals surface area (Å²) in [7, 11) is 1.61. The molecule has 0 fully saturated rings. The number of hydrogen-bond acceptors (Lipinski definition) is 6. The third-order valence-electron chi connectivity index (χ3n) is 4.27. The van der Waals surface area contributed by atoms with Crippen LogP contribution in [-0.2, 0) is 4.79 Å². The molecule has 1 amide bonds. The van der Waals surface area contributed by atoms with Crippen molar-refractivity contribution in [3.63, 3.8) is 0 Å². The lowest BCUT2D eigenvalue weighted by atomic mass is 9.90. The van der Waals surface area contributed by atoms with Crippen LogP contribution >= 0.6 is 11.8 Å². The molecule has 1 heterocycles. The zero-order chi connectivity index (χ0) is 19.3. The quantitative estimate of drug-likeness (QED) is 0.750. The minimum absolute atomic E-state index is 0.00548. The van der Waals surface area contributed by atoms with Crippen molar-refractivity contribution in [2.45, 2.75) is 43.6 Å². The van der Waals surface area contributed by atoms with Crippen LogP contribution in [-0.4, -0.2) is 38.6 Å². The summed E-state index contributed by atoms with van der Waals surface area (Å²) < 4.78 is 7.04. The van der Waals surface area contributed by atoms with E-state index in [2.05, 4.69) is 21.6 Å². The summed E-state index contributed by atoms with van der Waals surface area (Å²) in [6, 6.07) is 9.69. The number of aromatic nitrogens is 3. The lowest BCUT2D eigenvalue weighted by Gasteiger charge is -2.28. The Balaban J connectivity index is 2.16. The molecule has 8 heteroatoms. The van der Waals surface area contributed by atoms with Crippen LogP contribution in [0.5, 0.6) is 5.75 Å². The van der Waals surface area contributed by atoms with E-state index in [1.807, 2.05) is 38.1 Å². The van der Waals surface area contributed by atoms with Crippen molar-refractivity contribution in [1.29, 1.82) is 5.26 Å². The van der Waals surface area contributed by atoms with Gasteiger partial charge in [-0.25, -0.2) is 0 Å². The van der Waals surface area contributed by atoms with Crippen molar-refractivity contribution in [3.05, 3.63) is 30.6 Å².